The van der Waals surface area contributed by atoms with Crippen LogP contribution in [0.5, 0.6) is 11.5 Å². The normalized spacial score (nSPS) is 8.96. The van der Waals surface area contributed by atoms with Gasteiger partial charge in [-0.1, -0.05) is 0 Å². The minimum Gasteiger partial charge on any atom is -1.00 e. The number of nitrogens with zero attached hydrogens (tertiary/aromatic N) is 1. The van der Waals surface area contributed by atoms with E-state index in [1.807, 2.05) is 56.3 Å². The van der Waals surface area contributed by atoms with Crippen molar-refractivity contribution in [3.05, 3.63) is 48.5 Å². The van der Waals surface area contributed by atoms with Gasteiger partial charge in [0, 0.05) is 0 Å². The van der Waals surface area contributed by atoms with Gasteiger partial charge in [0.2, 0.25) is 0 Å². The summed E-state index contributed by atoms with van der Waals surface area (Å²) in [4.78, 5) is 13.8. The van der Waals surface area contributed by atoms with Gasteiger partial charge in [0.1, 0.15) is 0 Å². The second-order valence-electron chi connectivity index (χ2n) is 4.63. The Hall–Kier alpha value is -0.906. The van der Waals surface area contributed by atoms with E-state index in [2.05, 4.69) is 0 Å². The van der Waals surface area contributed by atoms with Gasteiger partial charge in [0.15, 0.2) is 0 Å². The molecular formula is C17H18Cl3NO3Ti. The topological polar surface area (TPSA) is 38.8 Å². The summed E-state index contributed by atoms with van der Waals surface area (Å²) in [5.74, 6) is 1.28. The molecule has 0 saturated heterocycles. The number of carbonyl (C=O) groups excluding carboxylic acids is 1. The average molecular weight is 439 g/mol. The van der Waals surface area contributed by atoms with E-state index in [0.717, 1.165) is 16.9 Å². The van der Waals surface area contributed by atoms with Crippen molar-refractivity contribution in [2.24, 2.45) is 0 Å². The van der Waals surface area contributed by atoms with Crippen LogP contribution >= 0.6 is 0 Å². The summed E-state index contributed by atoms with van der Waals surface area (Å²) in [7, 11) is 0. The predicted molar refractivity (Wildman–Crippen MR) is 81.5 cm³/mol. The molecule has 0 aliphatic rings. The van der Waals surface area contributed by atoms with Crippen molar-refractivity contribution in [3.63, 3.8) is 0 Å². The van der Waals surface area contributed by atoms with Gasteiger partial charge in [0.25, 0.3) is 0 Å². The van der Waals surface area contributed by atoms with E-state index < -0.39 is 0 Å². The summed E-state index contributed by atoms with van der Waals surface area (Å²) >= 11 is 1.63. The van der Waals surface area contributed by atoms with Crippen LogP contribution in [0.15, 0.2) is 48.5 Å². The van der Waals surface area contributed by atoms with Crippen LogP contribution < -0.4 is 45.3 Å². The average Bonchev–Trinajstić information content (AvgIpc) is 2.56. The molecule has 25 heavy (non-hydrogen) atoms. The zero-order valence-corrected chi connectivity index (χ0v) is 17.7. The molecule has 0 aliphatic carbocycles. The molecule has 0 N–H and O–H groups in total. The van der Waals surface area contributed by atoms with Crippen LogP contribution in [0.3, 0.4) is 0 Å². The maximum absolute atomic E-state index is 12.2. The van der Waals surface area contributed by atoms with E-state index >= 15 is 0 Å². The summed E-state index contributed by atoms with van der Waals surface area (Å²) in [5.41, 5.74) is 1.73. The smallest absolute Gasteiger partial charge is 1.00 e. The monoisotopic (exact) mass is 437 g/mol. The molecule has 2 rings (SSSR count). The molecule has 4 nitrogen and oxygen atoms in total. The fourth-order valence-electron chi connectivity index (χ4n) is 2.20. The van der Waals surface area contributed by atoms with E-state index in [4.69, 9.17) is 8.06 Å². The Morgan fingerprint density at radius 1 is 0.880 bits per heavy atom. The van der Waals surface area contributed by atoms with Gasteiger partial charge in [-0.2, -0.15) is 0 Å². The predicted octanol–water partition coefficient (Wildman–Crippen LogP) is -4.95. The van der Waals surface area contributed by atoms with Gasteiger partial charge in [-0.3, -0.25) is 0 Å². The molecule has 0 atom stereocenters. The molecule has 0 heterocycles. The van der Waals surface area contributed by atoms with Crippen molar-refractivity contribution in [3.8, 4) is 22.6 Å². The maximum atomic E-state index is 12.2. The molecule has 0 aliphatic heterocycles. The van der Waals surface area contributed by atoms with Crippen molar-refractivity contribution in [1.29, 1.82) is 0 Å². The standard InChI is InChI=1S/C17H19NO3.3ClH.Ti/c1-3-18(4-2)17(20)21-16-12-8-6-10-14(16)13-9-5-7-11-15(13)19;;;;/h5-12,19H,3-4H2,1-2H3;3*1H;/q;;;;+4/p-4. The Morgan fingerprint density at radius 3 is 1.80 bits per heavy atom. The van der Waals surface area contributed by atoms with Crippen LogP contribution in [0.25, 0.3) is 11.1 Å². The largest absolute Gasteiger partial charge is 1.00 e. The summed E-state index contributed by atoms with van der Waals surface area (Å²) in [5, 5.41) is 0. The Bertz CT molecular complexity index is 655. The molecular weight excluding hydrogens is 420 g/mol. The summed E-state index contributed by atoms with van der Waals surface area (Å²) in [6.07, 6.45) is -0.340. The van der Waals surface area contributed by atoms with Crippen LogP contribution in [0.1, 0.15) is 13.8 Å². The van der Waals surface area contributed by atoms with Crippen molar-refractivity contribution >= 4 is 6.09 Å². The van der Waals surface area contributed by atoms with Crippen LogP contribution in [-0.4, -0.2) is 24.1 Å². The van der Waals surface area contributed by atoms with Crippen molar-refractivity contribution in [2.45, 2.75) is 13.8 Å². The number of rotatable bonds is 5. The number of hydrogen-bond acceptors (Lipinski definition) is 3. The van der Waals surface area contributed by atoms with Gasteiger partial charge in [-0.05, 0) is 0 Å². The quantitative estimate of drug-likeness (QED) is 0.439. The number of amides is 1. The van der Waals surface area contributed by atoms with Gasteiger partial charge >= 0.3 is 143 Å². The zero-order chi connectivity index (χ0) is 15.9. The van der Waals surface area contributed by atoms with Gasteiger partial charge < -0.3 is 37.2 Å². The van der Waals surface area contributed by atoms with Crippen molar-refractivity contribution < 1.29 is 70.9 Å². The van der Waals surface area contributed by atoms with Crippen molar-refractivity contribution in [1.82, 2.24) is 4.90 Å². The number of benzene rings is 2. The third-order valence-corrected chi connectivity index (χ3v) is 3.74. The molecule has 0 radical (unpaired) electrons. The van der Waals surface area contributed by atoms with Gasteiger partial charge in [-0.15, -0.1) is 0 Å². The Kier molecular flexibility index (Phi) is 14.0. The molecule has 0 unspecified atom stereocenters. The SMILES string of the molecule is CCN(CC)C(=O)Oc1ccccc1-c1ccccc1[O][Ti+3].[Cl-].[Cl-].[Cl-]. The Labute approximate surface area is 179 Å². The molecule has 134 valence electrons. The molecule has 0 fully saturated rings. The van der Waals surface area contributed by atoms with Crippen LogP contribution in [-0.2, 0) is 20.8 Å². The number of hydrogen-bond donors (Lipinski definition) is 0. The number of carbonyl (C=O) groups is 1. The minimum atomic E-state index is -0.340. The van der Waals surface area contributed by atoms with Crippen LogP contribution in [0.2, 0.25) is 0 Å². The summed E-state index contributed by atoms with van der Waals surface area (Å²) in [6.45, 7) is 5.09. The van der Waals surface area contributed by atoms with Crippen molar-refractivity contribution in [2.75, 3.05) is 13.1 Å². The zero-order valence-electron chi connectivity index (χ0n) is 13.8. The van der Waals surface area contributed by atoms with Gasteiger partial charge in [-0.25, -0.2) is 0 Å². The molecule has 2 aromatic carbocycles. The third-order valence-electron chi connectivity index (χ3n) is 3.39. The summed E-state index contributed by atoms with van der Waals surface area (Å²) in [6, 6.07) is 15.2. The molecule has 2 aromatic rings. The minimum absolute atomic E-state index is 0. The molecule has 0 bridgehead atoms. The van der Waals surface area contributed by atoms with E-state index in [1.54, 1.807) is 31.8 Å². The second-order valence-corrected chi connectivity index (χ2v) is 4.95. The first-order valence-corrected chi connectivity index (χ1v) is 7.83. The van der Waals surface area contributed by atoms with Crippen LogP contribution in [0.4, 0.5) is 4.79 Å². The molecule has 0 aromatic heterocycles. The Balaban J connectivity index is 0. The van der Waals surface area contributed by atoms with E-state index in [9.17, 15) is 4.79 Å². The number of ether oxygens (including phenoxy) is 1. The fraction of sp³-hybridized carbons (Fsp3) is 0.235. The van der Waals surface area contributed by atoms with E-state index in [-0.39, 0.29) is 43.3 Å². The first-order valence-electron chi connectivity index (χ1n) is 7.20. The van der Waals surface area contributed by atoms with E-state index in [1.165, 1.54) is 0 Å². The molecule has 8 heteroatoms. The number of halogens is 3. The molecule has 1 amide bonds. The maximum Gasteiger partial charge on any atom is -1.00 e. The number of para-hydroxylation sites is 2. The second kappa shape index (κ2) is 13.3. The first kappa shape index (κ1) is 26.3. The van der Waals surface area contributed by atoms with Gasteiger partial charge in [0.05, 0.1) is 0 Å². The third kappa shape index (κ3) is 6.72. The van der Waals surface area contributed by atoms with E-state index in [0.29, 0.717) is 18.8 Å². The molecule has 0 spiro atoms. The first-order chi connectivity index (χ1) is 10.7. The summed E-state index contributed by atoms with van der Waals surface area (Å²) < 4.78 is 11.0. The Morgan fingerprint density at radius 2 is 1.32 bits per heavy atom. The fourth-order valence-corrected chi connectivity index (χ4v) is 2.47. The molecule has 0 saturated carbocycles. The van der Waals surface area contributed by atoms with Crippen LogP contribution in [0, 0.1) is 0 Å².